The normalized spacial score (nSPS) is 22.6. The van der Waals surface area contributed by atoms with Crippen LogP contribution in [0.2, 0.25) is 0 Å². The van der Waals surface area contributed by atoms with Crippen LogP contribution in [0.4, 0.5) is 0 Å². The fourth-order valence-electron chi connectivity index (χ4n) is 3.33. The zero-order chi connectivity index (χ0) is 15.2. The number of piperazine rings is 1. The summed E-state index contributed by atoms with van der Waals surface area (Å²) in [7, 11) is 1.68. The molecule has 5 nitrogen and oxygen atoms in total. The number of benzene rings is 1. The van der Waals surface area contributed by atoms with Crippen LogP contribution in [0.5, 0.6) is 11.5 Å². The maximum absolute atomic E-state index is 5.87. The first kappa shape index (κ1) is 18.3. The highest BCUT2D eigenvalue weighted by Gasteiger charge is 2.25. The molecule has 1 atom stereocenters. The molecule has 6 heteroatoms. The van der Waals surface area contributed by atoms with Gasteiger partial charge >= 0.3 is 0 Å². The molecular weight excluding hydrogens is 314 g/mol. The van der Waals surface area contributed by atoms with Gasteiger partial charge in [0.05, 0.1) is 7.11 Å². The Hall–Kier alpha value is -1.01. The van der Waals surface area contributed by atoms with Gasteiger partial charge in [0.2, 0.25) is 0 Å². The van der Waals surface area contributed by atoms with Crippen molar-refractivity contribution in [1.82, 2.24) is 15.1 Å². The fraction of sp³-hybridized carbons (Fsp3) is 0.647. The molecule has 1 N–H and O–H groups in total. The zero-order valence-corrected chi connectivity index (χ0v) is 14.7. The van der Waals surface area contributed by atoms with E-state index in [0.29, 0.717) is 6.61 Å². The van der Waals surface area contributed by atoms with Crippen LogP contribution in [0.25, 0.3) is 0 Å². The van der Waals surface area contributed by atoms with E-state index in [4.69, 9.17) is 9.47 Å². The molecule has 1 aromatic rings. The van der Waals surface area contributed by atoms with Gasteiger partial charge < -0.3 is 14.8 Å². The summed E-state index contributed by atoms with van der Waals surface area (Å²) in [6.07, 6.45) is 1.30. The van der Waals surface area contributed by atoms with E-state index < -0.39 is 0 Å². The monoisotopic (exact) mass is 341 g/mol. The van der Waals surface area contributed by atoms with Gasteiger partial charge in [-0.1, -0.05) is 12.1 Å². The van der Waals surface area contributed by atoms with Crippen LogP contribution in [0, 0.1) is 0 Å². The van der Waals surface area contributed by atoms with Crippen molar-refractivity contribution in [2.75, 3.05) is 59.5 Å². The van der Waals surface area contributed by atoms with E-state index in [1.54, 1.807) is 7.11 Å². The number of halogens is 1. The number of rotatable bonds is 6. The SMILES string of the molecule is COc1ccccc1OCCN1CCN(C2CCNC2)CC1.Cl. The largest absolute Gasteiger partial charge is 0.493 e. The molecule has 1 aromatic carbocycles. The summed E-state index contributed by atoms with van der Waals surface area (Å²) in [5, 5.41) is 3.46. The molecule has 0 radical (unpaired) electrons. The predicted molar refractivity (Wildman–Crippen MR) is 95.0 cm³/mol. The van der Waals surface area contributed by atoms with Crippen LogP contribution in [0.3, 0.4) is 0 Å². The number of methoxy groups -OCH3 is 1. The van der Waals surface area contributed by atoms with Crippen molar-refractivity contribution in [2.45, 2.75) is 12.5 Å². The van der Waals surface area contributed by atoms with Gasteiger partial charge in [-0.15, -0.1) is 12.4 Å². The Labute approximate surface area is 145 Å². The lowest BCUT2D eigenvalue weighted by Gasteiger charge is -2.37. The summed E-state index contributed by atoms with van der Waals surface area (Å²) >= 11 is 0. The molecule has 3 rings (SSSR count). The number of nitrogens with one attached hydrogen (secondary N) is 1. The first-order chi connectivity index (χ1) is 10.9. The number of ether oxygens (including phenoxy) is 2. The summed E-state index contributed by atoms with van der Waals surface area (Å²) in [5.74, 6) is 1.64. The third-order valence-corrected chi connectivity index (χ3v) is 4.69. The molecule has 0 spiro atoms. The van der Waals surface area contributed by atoms with Crippen molar-refractivity contribution < 1.29 is 9.47 Å². The quantitative estimate of drug-likeness (QED) is 0.848. The highest BCUT2D eigenvalue weighted by Crippen LogP contribution is 2.25. The topological polar surface area (TPSA) is 37.0 Å². The first-order valence-electron chi connectivity index (χ1n) is 8.30. The van der Waals surface area contributed by atoms with Gasteiger partial charge in [-0.05, 0) is 25.1 Å². The third-order valence-electron chi connectivity index (χ3n) is 4.69. The van der Waals surface area contributed by atoms with Crippen LogP contribution >= 0.6 is 12.4 Å². The molecule has 2 aliphatic rings. The lowest BCUT2D eigenvalue weighted by Crippen LogP contribution is -2.51. The van der Waals surface area contributed by atoms with Crippen LogP contribution in [0.1, 0.15) is 6.42 Å². The highest BCUT2D eigenvalue weighted by atomic mass is 35.5. The summed E-state index contributed by atoms with van der Waals surface area (Å²) in [6, 6.07) is 8.59. The van der Waals surface area contributed by atoms with E-state index in [9.17, 15) is 0 Å². The standard InChI is InChI=1S/C17H27N3O2.ClH/c1-21-16-4-2-3-5-17(16)22-13-12-19-8-10-20(11-9-19)15-6-7-18-14-15;/h2-5,15,18H,6-14H2,1H3;1H. The maximum atomic E-state index is 5.87. The molecule has 2 heterocycles. The summed E-state index contributed by atoms with van der Waals surface area (Å²) in [4.78, 5) is 5.13. The molecular formula is C17H28ClN3O2. The Morgan fingerprint density at radius 2 is 1.87 bits per heavy atom. The minimum atomic E-state index is 0. The smallest absolute Gasteiger partial charge is 0.161 e. The van der Waals surface area contributed by atoms with E-state index in [1.165, 1.54) is 26.1 Å². The average molecular weight is 342 g/mol. The molecule has 1 unspecified atom stereocenters. The molecule has 2 fully saturated rings. The molecule has 0 saturated carbocycles. The Bertz CT molecular complexity index is 461. The summed E-state index contributed by atoms with van der Waals surface area (Å²) < 4.78 is 11.2. The van der Waals surface area contributed by atoms with Gasteiger partial charge in [0.1, 0.15) is 6.61 Å². The molecule has 23 heavy (non-hydrogen) atoms. The van der Waals surface area contributed by atoms with Crippen LogP contribution in [-0.2, 0) is 0 Å². The highest BCUT2D eigenvalue weighted by molar-refractivity contribution is 5.85. The van der Waals surface area contributed by atoms with Crippen molar-refractivity contribution in [2.24, 2.45) is 0 Å². The molecule has 0 bridgehead atoms. The number of hydrogen-bond acceptors (Lipinski definition) is 5. The molecule has 0 aliphatic carbocycles. The van der Waals surface area contributed by atoms with Gasteiger partial charge in [-0.3, -0.25) is 9.80 Å². The molecule has 2 aliphatic heterocycles. The second-order valence-corrected chi connectivity index (χ2v) is 6.02. The molecule has 0 aromatic heterocycles. The van der Waals surface area contributed by atoms with Crippen molar-refractivity contribution in [1.29, 1.82) is 0 Å². The Balaban J connectivity index is 0.00000192. The van der Waals surface area contributed by atoms with Gasteiger partial charge in [0, 0.05) is 45.3 Å². The van der Waals surface area contributed by atoms with Crippen molar-refractivity contribution in [3.05, 3.63) is 24.3 Å². The minimum absolute atomic E-state index is 0. The summed E-state index contributed by atoms with van der Waals surface area (Å²) in [6.45, 7) is 8.69. The van der Waals surface area contributed by atoms with Crippen LogP contribution in [-0.4, -0.2) is 75.4 Å². The van der Waals surface area contributed by atoms with E-state index in [2.05, 4.69) is 15.1 Å². The first-order valence-corrected chi connectivity index (χ1v) is 8.30. The van der Waals surface area contributed by atoms with Crippen molar-refractivity contribution >= 4 is 12.4 Å². The Morgan fingerprint density at radius 1 is 1.13 bits per heavy atom. The van der Waals surface area contributed by atoms with Crippen LogP contribution in [0.15, 0.2) is 24.3 Å². The summed E-state index contributed by atoms with van der Waals surface area (Å²) in [5.41, 5.74) is 0. The van der Waals surface area contributed by atoms with E-state index in [1.807, 2.05) is 24.3 Å². The second kappa shape index (κ2) is 9.33. The molecule has 130 valence electrons. The van der Waals surface area contributed by atoms with Gasteiger partial charge in [0.15, 0.2) is 11.5 Å². The fourth-order valence-corrected chi connectivity index (χ4v) is 3.33. The van der Waals surface area contributed by atoms with Crippen molar-refractivity contribution in [3.63, 3.8) is 0 Å². The van der Waals surface area contributed by atoms with Gasteiger partial charge in [-0.2, -0.15) is 0 Å². The van der Waals surface area contributed by atoms with E-state index in [0.717, 1.165) is 43.7 Å². The Morgan fingerprint density at radius 3 is 2.52 bits per heavy atom. The lowest BCUT2D eigenvalue weighted by atomic mass is 10.2. The number of para-hydroxylation sites is 2. The third kappa shape index (κ3) is 4.98. The van der Waals surface area contributed by atoms with Gasteiger partial charge in [0.25, 0.3) is 0 Å². The second-order valence-electron chi connectivity index (χ2n) is 6.02. The average Bonchev–Trinajstić information content (AvgIpc) is 3.10. The lowest BCUT2D eigenvalue weighted by molar-refractivity contribution is 0.0917. The van der Waals surface area contributed by atoms with Crippen LogP contribution < -0.4 is 14.8 Å². The minimum Gasteiger partial charge on any atom is -0.493 e. The predicted octanol–water partition coefficient (Wildman–Crippen LogP) is 1.48. The van der Waals surface area contributed by atoms with Gasteiger partial charge in [-0.25, -0.2) is 0 Å². The number of nitrogens with zero attached hydrogens (tertiary/aromatic N) is 2. The van der Waals surface area contributed by atoms with Crippen molar-refractivity contribution in [3.8, 4) is 11.5 Å². The zero-order valence-electron chi connectivity index (χ0n) is 13.9. The molecule has 0 amide bonds. The van der Waals surface area contributed by atoms with E-state index in [-0.39, 0.29) is 12.4 Å². The van der Waals surface area contributed by atoms with E-state index >= 15 is 0 Å². The Kier molecular flexibility index (Phi) is 7.43. The molecule has 2 saturated heterocycles. The number of hydrogen-bond donors (Lipinski definition) is 1. The maximum Gasteiger partial charge on any atom is 0.161 e.